The second-order valence-electron chi connectivity index (χ2n) is 10.3. The normalized spacial score (nSPS) is 11.6. The minimum absolute atomic E-state index is 0.107. The zero-order valence-electron chi connectivity index (χ0n) is 25.0. The summed E-state index contributed by atoms with van der Waals surface area (Å²) in [5, 5.41) is 0. The number of rotatable bonds is 18. The number of hydrogen-bond acceptors (Lipinski definition) is 6. The lowest BCUT2D eigenvalue weighted by Crippen LogP contribution is -2.26. The third kappa shape index (κ3) is 10.9. The van der Waals surface area contributed by atoms with Crippen LogP contribution >= 0.6 is 0 Å². The fraction of sp³-hybridized carbons (Fsp3) is 0.429. The quantitative estimate of drug-likeness (QED) is 0.0852. The van der Waals surface area contributed by atoms with Crippen LogP contribution in [0.1, 0.15) is 88.9 Å². The Kier molecular flexibility index (Phi) is 14.0. The molecule has 226 valence electrons. The molecular formula is C35H43FO6. The molecule has 0 spiro atoms. The van der Waals surface area contributed by atoms with E-state index >= 15 is 0 Å². The Hall–Kier alpha value is -3.71. The summed E-state index contributed by atoms with van der Waals surface area (Å²) in [5.41, 5.74) is 1.89. The van der Waals surface area contributed by atoms with Crippen LogP contribution in [0.2, 0.25) is 0 Å². The molecule has 0 saturated carbocycles. The number of halogens is 1. The summed E-state index contributed by atoms with van der Waals surface area (Å²) in [7, 11) is 0. The summed E-state index contributed by atoms with van der Waals surface area (Å²) in [5.74, 6) is -0.776. The highest BCUT2D eigenvalue weighted by atomic mass is 19.1. The van der Waals surface area contributed by atoms with Crippen LogP contribution in [0.4, 0.5) is 4.39 Å². The summed E-state index contributed by atoms with van der Waals surface area (Å²) < 4.78 is 36.4. The number of hydrogen-bond donors (Lipinski definition) is 0. The molecule has 3 aromatic carbocycles. The minimum atomic E-state index is -0.653. The fourth-order valence-electron chi connectivity index (χ4n) is 4.32. The van der Waals surface area contributed by atoms with Gasteiger partial charge in [-0.3, -0.25) is 0 Å². The molecule has 1 atom stereocenters. The molecule has 0 bridgehead atoms. The highest BCUT2D eigenvalue weighted by molar-refractivity contribution is 5.91. The lowest BCUT2D eigenvalue weighted by molar-refractivity contribution is -0.146. The van der Waals surface area contributed by atoms with Gasteiger partial charge in [-0.1, -0.05) is 83.1 Å². The zero-order valence-corrected chi connectivity index (χ0v) is 25.0. The number of carbonyl (C=O) groups excluding carboxylic acids is 2. The van der Waals surface area contributed by atoms with Gasteiger partial charge >= 0.3 is 11.9 Å². The van der Waals surface area contributed by atoms with E-state index in [2.05, 4.69) is 6.92 Å². The van der Waals surface area contributed by atoms with Crippen molar-refractivity contribution in [2.45, 2.75) is 84.7 Å². The van der Waals surface area contributed by atoms with Crippen LogP contribution in [-0.2, 0) is 9.53 Å². The van der Waals surface area contributed by atoms with Crippen molar-refractivity contribution in [3.05, 3.63) is 78.1 Å². The van der Waals surface area contributed by atoms with Crippen LogP contribution in [0.15, 0.2) is 66.7 Å². The van der Waals surface area contributed by atoms with Gasteiger partial charge in [0.1, 0.15) is 11.5 Å². The molecule has 0 unspecified atom stereocenters. The van der Waals surface area contributed by atoms with Crippen LogP contribution < -0.4 is 14.2 Å². The highest BCUT2D eigenvalue weighted by Crippen LogP contribution is 2.26. The van der Waals surface area contributed by atoms with Crippen LogP contribution in [0.3, 0.4) is 0 Å². The van der Waals surface area contributed by atoms with Gasteiger partial charge in [0.2, 0.25) is 0 Å². The SMILES string of the molecule is CCCCCCCCCCOc1ccc(C(=O)Oc2ccc(-c3ccc(OC(=O)[C@H](C)OCCC)cc3)cc2)cc1F. The second kappa shape index (κ2) is 18.0. The first kappa shape index (κ1) is 32.8. The predicted octanol–water partition coefficient (Wildman–Crippen LogP) is 8.95. The van der Waals surface area contributed by atoms with Crippen molar-refractivity contribution in [1.29, 1.82) is 0 Å². The molecule has 0 aliphatic heterocycles. The predicted molar refractivity (Wildman–Crippen MR) is 163 cm³/mol. The third-order valence-corrected chi connectivity index (χ3v) is 6.80. The fourth-order valence-corrected chi connectivity index (χ4v) is 4.32. The lowest BCUT2D eigenvalue weighted by Gasteiger charge is -2.12. The molecule has 3 rings (SSSR count). The van der Waals surface area contributed by atoms with Crippen molar-refractivity contribution >= 4 is 11.9 Å². The van der Waals surface area contributed by atoms with Gasteiger partial charge in [0, 0.05) is 6.61 Å². The van der Waals surface area contributed by atoms with Crippen molar-refractivity contribution in [3.8, 4) is 28.4 Å². The van der Waals surface area contributed by atoms with E-state index in [-0.39, 0.29) is 11.3 Å². The standard InChI is InChI=1S/C35H43FO6/c1-4-6-7-8-9-10-11-12-24-40-33-22-17-29(25-32(33)36)35(38)42-31-20-15-28(16-21-31)27-13-18-30(19-14-27)41-34(37)26(3)39-23-5-2/h13-22,25-26H,4-12,23-24H2,1-3H3/t26-/m0/s1. The molecule has 0 amide bonds. The molecule has 0 aliphatic rings. The Morgan fingerprint density at radius 3 is 1.83 bits per heavy atom. The van der Waals surface area contributed by atoms with Gasteiger partial charge in [0.05, 0.1) is 12.2 Å². The Bertz CT molecular complexity index is 1240. The van der Waals surface area contributed by atoms with E-state index in [0.29, 0.717) is 24.7 Å². The first-order chi connectivity index (χ1) is 20.4. The number of esters is 2. The molecule has 42 heavy (non-hydrogen) atoms. The van der Waals surface area contributed by atoms with Crippen LogP contribution in [0.5, 0.6) is 17.2 Å². The molecule has 0 fully saturated rings. The monoisotopic (exact) mass is 578 g/mol. The Labute approximate surface area is 249 Å². The van der Waals surface area contributed by atoms with Crippen LogP contribution in [-0.4, -0.2) is 31.3 Å². The summed E-state index contributed by atoms with van der Waals surface area (Å²) in [6, 6.07) is 18.2. The Morgan fingerprint density at radius 2 is 1.26 bits per heavy atom. The second-order valence-corrected chi connectivity index (χ2v) is 10.3. The average molecular weight is 579 g/mol. The maximum absolute atomic E-state index is 14.6. The minimum Gasteiger partial charge on any atom is -0.491 e. The molecule has 0 aromatic heterocycles. The number of unbranched alkanes of at least 4 members (excludes halogenated alkanes) is 7. The molecule has 0 aliphatic carbocycles. The summed E-state index contributed by atoms with van der Waals surface area (Å²) in [6.45, 7) is 6.80. The van der Waals surface area contributed by atoms with Gasteiger partial charge in [0.15, 0.2) is 17.7 Å². The van der Waals surface area contributed by atoms with Crippen molar-refractivity contribution in [3.63, 3.8) is 0 Å². The van der Waals surface area contributed by atoms with E-state index in [1.165, 1.54) is 50.7 Å². The van der Waals surface area contributed by atoms with Gasteiger partial charge in [-0.15, -0.1) is 0 Å². The smallest absolute Gasteiger partial charge is 0.343 e. The van der Waals surface area contributed by atoms with E-state index in [0.717, 1.165) is 36.5 Å². The van der Waals surface area contributed by atoms with Gasteiger partial charge in [-0.2, -0.15) is 0 Å². The average Bonchev–Trinajstić information content (AvgIpc) is 3.00. The van der Waals surface area contributed by atoms with Crippen LogP contribution in [0, 0.1) is 5.82 Å². The summed E-state index contributed by atoms with van der Waals surface area (Å²) >= 11 is 0. The van der Waals surface area contributed by atoms with E-state index in [1.54, 1.807) is 31.2 Å². The first-order valence-corrected chi connectivity index (χ1v) is 15.1. The van der Waals surface area contributed by atoms with Crippen molar-refractivity contribution in [2.75, 3.05) is 13.2 Å². The number of benzene rings is 3. The van der Waals surface area contributed by atoms with Crippen molar-refractivity contribution in [2.24, 2.45) is 0 Å². The summed E-state index contributed by atoms with van der Waals surface area (Å²) in [6.07, 6.45) is 9.64. The molecule has 0 heterocycles. The maximum atomic E-state index is 14.6. The highest BCUT2D eigenvalue weighted by Gasteiger charge is 2.16. The number of carbonyl (C=O) groups is 2. The molecule has 6 nitrogen and oxygen atoms in total. The maximum Gasteiger partial charge on any atom is 0.343 e. The molecule has 7 heteroatoms. The summed E-state index contributed by atoms with van der Waals surface area (Å²) in [4.78, 5) is 24.7. The third-order valence-electron chi connectivity index (χ3n) is 6.80. The molecule has 3 aromatic rings. The van der Waals surface area contributed by atoms with Gasteiger partial charge in [-0.25, -0.2) is 14.0 Å². The Balaban J connectivity index is 1.45. The van der Waals surface area contributed by atoms with E-state index in [9.17, 15) is 14.0 Å². The van der Waals surface area contributed by atoms with E-state index in [1.807, 2.05) is 31.2 Å². The van der Waals surface area contributed by atoms with Crippen LogP contribution in [0.25, 0.3) is 11.1 Å². The zero-order chi connectivity index (χ0) is 30.2. The molecule has 0 radical (unpaired) electrons. The molecule has 0 saturated heterocycles. The van der Waals surface area contributed by atoms with E-state index in [4.69, 9.17) is 18.9 Å². The largest absolute Gasteiger partial charge is 0.491 e. The molecule has 0 N–H and O–H groups in total. The van der Waals surface area contributed by atoms with E-state index < -0.39 is 23.9 Å². The molecular weight excluding hydrogens is 535 g/mol. The van der Waals surface area contributed by atoms with Gasteiger partial charge in [0.25, 0.3) is 0 Å². The number of ether oxygens (including phenoxy) is 4. The van der Waals surface area contributed by atoms with Gasteiger partial charge in [-0.05, 0) is 73.4 Å². The lowest BCUT2D eigenvalue weighted by atomic mass is 10.1. The Morgan fingerprint density at radius 1 is 0.690 bits per heavy atom. The first-order valence-electron chi connectivity index (χ1n) is 15.1. The van der Waals surface area contributed by atoms with Crippen molar-refractivity contribution in [1.82, 2.24) is 0 Å². The van der Waals surface area contributed by atoms with Gasteiger partial charge < -0.3 is 18.9 Å². The topological polar surface area (TPSA) is 71.1 Å². The van der Waals surface area contributed by atoms with Crippen molar-refractivity contribution < 1.29 is 32.9 Å².